The van der Waals surface area contributed by atoms with E-state index in [1.165, 1.54) is 0 Å². The molecule has 0 bridgehead atoms. The van der Waals surface area contributed by atoms with E-state index in [0.717, 1.165) is 22.4 Å². The van der Waals surface area contributed by atoms with Crippen LogP contribution in [0.1, 0.15) is 0 Å². The van der Waals surface area contributed by atoms with Gasteiger partial charge in [-0.3, -0.25) is 0 Å². The maximum Gasteiger partial charge on any atom is 0.201 e. The number of hydrogen-bond acceptors (Lipinski definition) is 1. The van der Waals surface area contributed by atoms with Gasteiger partial charge in [0.2, 0.25) is 7.28 Å². The van der Waals surface area contributed by atoms with E-state index in [2.05, 4.69) is 19.4 Å². The predicted molar refractivity (Wildman–Crippen MR) is 63.7 cm³/mol. The van der Waals surface area contributed by atoms with Gasteiger partial charge in [0.15, 0.2) is 0 Å². The second-order valence-corrected chi connectivity index (χ2v) is 3.32. The first-order valence-electron chi connectivity index (χ1n) is 4.64. The Balaban J connectivity index is 0.000000853. The molecule has 1 nitrogen and oxygen atoms in total. The summed E-state index contributed by atoms with van der Waals surface area (Å²) in [6.45, 7) is 0. The Kier molecular flexibility index (Phi) is 3.69. The summed E-state index contributed by atoms with van der Waals surface area (Å²) in [7, 11) is 2.15. The Morgan fingerprint density at radius 2 is 1.20 bits per heavy atom. The van der Waals surface area contributed by atoms with Crippen LogP contribution in [0.25, 0.3) is 0 Å². The maximum absolute atomic E-state index is 5.75. The van der Waals surface area contributed by atoms with Crippen molar-refractivity contribution in [1.82, 2.24) is 0 Å². The summed E-state index contributed by atoms with van der Waals surface area (Å²) >= 11 is 0. The zero-order chi connectivity index (χ0) is 9.38. The molecule has 1 aliphatic heterocycles. The number of hydrogen-bond donors (Lipinski definition) is 0. The molecule has 0 aromatic heterocycles. The van der Waals surface area contributed by atoms with Crippen molar-refractivity contribution < 1.29 is 4.74 Å². The van der Waals surface area contributed by atoms with Crippen LogP contribution >= 0.6 is 0 Å². The number of fused-ring (bicyclic) bond motifs is 2. The third kappa shape index (κ3) is 2.22. The van der Waals surface area contributed by atoms with Crippen molar-refractivity contribution in [2.24, 2.45) is 0 Å². The molecular weight excluding hydrogens is 210 g/mol. The molecule has 2 aromatic carbocycles. The third-order valence-corrected chi connectivity index (χ3v) is 2.37. The van der Waals surface area contributed by atoms with E-state index >= 15 is 0 Å². The SMILES string of the molecule is [B]1c2ccccc2Oc2ccccc21.[K]. The number of ether oxygens (including phenoxy) is 1. The quantitative estimate of drug-likeness (QED) is 0.513. The van der Waals surface area contributed by atoms with Crippen LogP contribution in [0.2, 0.25) is 0 Å². The summed E-state index contributed by atoms with van der Waals surface area (Å²) in [5.74, 6) is 1.87. The maximum atomic E-state index is 5.75. The molecule has 15 heavy (non-hydrogen) atoms. The smallest absolute Gasteiger partial charge is 0.201 e. The fourth-order valence-corrected chi connectivity index (χ4v) is 1.67. The van der Waals surface area contributed by atoms with Gasteiger partial charge in [-0.1, -0.05) is 36.4 Å². The van der Waals surface area contributed by atoms with Crippen LogP contribution < -0.4 is 15.7 Å². The normalized spacial score (nSPS) is 11.2. The largest absolute Gasteiger partial charge is 0.459 e. The summed E-state index contributed by atoms with van der Waals surface area (Å²) in [4.78, 5) is 0. The van der Waals surface area contributed by atoms with E-state index in [-0.39, 0.29) is 51.4 Å². The zero-order valence-corrected chi connectivity index (χ0v) is 11.7. The van der Waals surface area contributed by atoms with E-state index in [1.54, 1.807) is 0 Å². The van der Waals surface area contributed by atoms with Gasteiger partial charge in [-0.25, -0.2) is 0 Å². The van der Waals surface area contributed by atoms with Crippen molar-refractivity contribution in [3.05, 3.63) is 48.5 Å². The molecule has 3 rings (SSSR count). The standard InChI is InChI=1S/C12H8BO.K/c1-3-7-11-9(5-1)13-10-6-2-4-8-12(10)14-11;/h1-8H;. The minimum absolute atomic E-state index is 0. The first kappa shape index (κ1) is 11.4. The van der Waals surface area contributed by atoms with E-state index in [9.17, 15) is 0 Å². The van der Waals surface area contributed by atoms with E-state index in [1.807, 2.05) is 36.4 Å². The van der Waals surface area contributed by atoms with E-state index < -0.39 is 0 Å². The van der Waals surface area contributed by atoms with Crippen molar-refractivity contribution in [3.63, 3.8) is 0 Å². The fraction of sp³-hybridized carbons (Fsp3) is 0. The predicted octanol–water partition coefficient (Wildman–Crippen LogP) is 1.07. The molecule has 0 N–H and O–H groups in total. The van der Waals surface area contributed by atoms with Crippen LogP contribution in [-0.4, -0.2) is 58.7 Å². The second kappa shape index (κ2) is 4.85. The van der Waals surface area contributed by atoms with Crippen LogP contribution in [0.5, 0.6) is 11.5 Å². The van der Waals surface area contributed by atoms with Crippen molar-refractivity contribution >= 4 is 69.6 Å². The Hall–Kier alpha value is -0.0587. The van der Waals surface area contributed by atoms with Crippen LogP contribution in [0, 0.1) is 0 Å². The van der Waals surface area contributed by atoms with Crippen molar-refractivity contribution in [1.29, 1.82) is 0 Å². The summed E-state index contributed by atoms with van der Waals surface area (Å²) in [5, 5.41) is 0. The summed E-state index contributed by atoms with van der Waals surface area (Å²) < 4.78 is 5.75. The van der Waals surface area contributed by atoms with Crippen LogP contribution in [0.15, 0.2) is 48.5 Å². The fourth-order valence-electron chi connectivity index (χ4n) is 1.67. The molecule has 1 aliphatic rings. The number of rotatable bonds is 0. The molecule has 2 radical (unpaired) electrons. The molecule has 0 amide bonds. The molecule has 1 heterocycles. The monoisotopic (exact) mass is 218 g/mol. The van der Waals surface area contributed by atoms with Gasteiger partial charge in [-0.05, 0) is 23.1 Å². The molecule has 0 saturated carbocycles. The topological polar surface area (TPSA) is 9.23 Å². The van der Waals surface area contributed by atoms with Gasteiger partial charge in [0.25, 0.3) is 0 Å². The molecule has 0 unspecified atom stereocenters. The van der Waals surface area contributed by atoms with E-state index in [0.29, 0.717) is 0 Å². The molecule has 2 aromatic rings. The van der Waals surface area contributed by atoms with Gasteiger partial charge in [0.1, 0.15) is 11.5 Å². The Morgan fingerprint density at radius 1 is 0.733 bits per heavy atom. The average Bonchev–Trinajstić information content (AvgIpc) is 2.26. The zero-order valence-electron chi connectivity index (χ0n) is 8.60. The van der Waals surface area contributed by atoms with Gasteiger partial charge in [-0.15, -0.1) is 0 Å². The van der Waals surface area contributed by atoms with E-state index in [4.69, 9.17) is 4.74 Å². The van der Waals surface area contributed by atoms with Gasteiger partial charge >= 0.3 is 0 Å². The molecule has 66 valence electrons. The summed E-state index contributed by atoms with van der Waals surface area (Å²) in [6, 6.07) is 16.1. The molecule has 0 fully saturated rings. The third-order valence-electron chi connectivity index (χ3n) is 2.37. The molecule has 0 saturated heterocycles. The summed E-state index contributed by atoms with van der Waals surface area (Å²) in [5.41, 5.74) is 2.29. The number of benzene rings is 2. The molecule has 0 aliphatic carbocycles. The summed E-state index contributed by atoms with van der Waals surface area (Å²) in [6.07, 6.45) is 0. The van der Waals surface area contributed by atoms with Crippen molar-refractivity contribution in [2.75, 3.05) is 0 Å². The first-order chi connectivity index (χ1) is 6.93. The molecule has 0 spiro atoms. The minimum atomic E-state index is 0. The Bertz CT molecular complexity index is 397. The van der Waals surface area contributed by atoms with Crippen LogP contribution in [0.4, 0.5) is 0 Å². The van der Waals surface area contributed by atoms with Crippen LogP contribution in [-0.2, 0) is 0 Å². The van der Waals surface area contributed by atoms with Gasteiger partial charge in [0.05, 0.1) is 0 Å². The first-order valence-corrected chi connectivity index (χ1v) is 4.64. The van der Waals surface area contributed by atoms with Gasteiger partial charge in [0, 0.05) is 51.4 Å². The van der Waals surface area contributed by atoms with Crippen molar-refractivity contribution in [3.8, 4) is 11.5 Å². The molecule has 3 heteroatoms. The average molecular weight is 218 g/mol. The van der Waals surface area contributed by atoms with Crippen molar-refractivity contribution in [2.45, 2.75) is 0 Å². The Labute approximate surface area is 133 Å². The second-order valence-electron chi connectivity index (χ2n) is 3.32. The molecular formula is C12H8BKO. The Morgan fingerprint density at radius 3 is 1.73 bits per heavy atom. The van der Waals surface area contributed by atoms with Gasteiger partial charge in [-0.2, -0.15) is 0 Å². The van der Waals surface area contributed by atoms with Gasteiger partial charge < -0.3 is 4.74 Å². The molecule has 0 atom stereocenters. The number of para-hydroxylation sites is 2. The van der Waals surface area contributed by atoms with Crippen LogP contribution in [0.3, 0.4) is 0 Å². The minimum Gasteiger partial charge on any atom is -0.459 e.